The summed E-state index contributed by atoms with van der Waals surface area (Å²) >= 11 is 7.37. The average Bonchev–Trinajstić information content (AvgIpc) is 3.25. The molecule has 0 aromatic heterocycles. The Kier molecular flexibility index (Phi) is 7.02. The number of nitrogens with one attached hydrogen (secondary N) is 1. The number of carbonyl (C=O) groups is 1. The van der Waals surface area contributed by atoms with Crippen molar-refractivity contribution in [3.63, 3.8) is 0 Å². The Labute approximate surface area is 183 Å². The van der Waals surface area contributed by atoms with E-state index in [1.165, 1.54) is 40.3 Å². The number of sulfonamides is 1. The van der Waals surface area contributed by atoms with Crippen molar-refractivity contribution in [1.29, 1.82) is 0 Å². The minimum Gasteiger partial charge on any atom is -0.325 e. The maximum absolute atomic E-state index is 12.8. The van der Waals surface area contributed by atoms with Crippen LogP contribution in [0, 0.1) is 10.1 Å². The van der Waals surface area contributed by atoms with Gasteiger partial charge in [-0.25, -0.2) is 8.42 Å². The SMILES string of the molecule is CC(Sc1ccc([N+](=O)[O-])cc1)C(=O)Nc1ccc(Cl)c(S(=O)(=O)N2CCCC2)c1. The summed E-state index contributed by atoms with van der Waals surface area (Å²) in [6.45, 7) is 2.61. The number of benzene rings is 2. The molecule has 0 bridgehead atoms. The Hall–Kier alpha value is -2.14. The van der Waals surface area contributed by atoms with Crippen molar-refractivity contribution in [1.82, 2.24) is 4.31 Å². The summed E-state index contributed by atoms with van der Waals surface area (Å²) in [5, 5.41) is 13.0. The van der Waals surface area contributed by atoms with Gasteiger partial charge in [0.2, 0.25) is 15.9 Å². The molecule has 1 unspecified atom stereocenters. The van der Waals surface area contributed by atoms with Gasteiger partial charge in [0, 0.05) is 35.8 Å². The van der Waals surface area contributed by atoms with E-state index in [0.717, 1.165) is 12.8 Å². The summed E-state index contributed by atoms with van der Waals surface area (Å²) in [5.74, 6) is -0.329. The van der Waals surface area contributed by atoms with Gasteiger partial charge >= 0.3 is 0 Å². The van der Waals surface area contributed by atoms with E-state index < -0.39 is 20.2 Å². The Morgan fingerprint density at radius 3 is 2.43 bits per heavy atom. The maximum atomic E-state index is 12.8. The van der Waals surface area contributed by atoms with Crippen LogP contribution in [-0.2, 0) is 14.8 Å². The van der Waals surface area contributed by atoms with Crippen LogP contribution in [0.5, 0.6) is 0 Å². The number of thioether (sulfide) groups is 1. The number of anilines is 1. The van der Waals surface area contributed by atoms with E-state index in [9.17, 15) is 23.3 Å². The van der Waals surface area contributed by atoms with Crippen LogP contribution < -0.4 is 5.32 Å². The van der Waals surface area contributed by atoms with Crippen molar-refractivity contribution in [3.8, 4) is 0 Å². The van der Waals surface area contributed by atoms with Crippen molar-refractivity contribution < 1.29 is 18.1 Å². The molecule has 1 fully saturated rings. The number of rotatable bonds is 7. The smallest absolute Gasteiger partial charge is 0.269 e. The lowest BCUT2D eigenvalue weighted by Gasteiger charge is -2.18. The van der Waals surface area contributed by atoms with Crippen molar-refractivity contribution in [3.05, 3.63) is 57.6 Å². The largest absolute Gasteiger partial charge is 0.325 e. The van der Waals surface area contributed by atoms with E-state index in [2.05, 4.69) is 5.32 Å². The number of hydrogen-bond acceptors (Lipinski definition) is 6. The van der Waals surface area contributed by atoms with Crippen molar-refractivity contribution in [2.24, 2.45) is 0 Å². The van der Waals surface area contributed by atoms with E-state index in [1.807, 2.05) is 0 Å². The van der Waals surface area contributed by atoms with E-state index in [4.69, 9.17) is 11.6 Å². The fourth-order valence-corrected chi connectivity index (χ4v) is 5.88. The topological polar surface area (TPSA) is 110 Å². The normalized spacial score (nSPS) is 15.7. The Balaban J connectivity index is 1.71. The summed E-state index contributed by atoms with van der Waals surface area (Å²) in [6, 6.07) is 10.3. The third-order valence-corrected chi connectivity index (χ3v) is 8.10. The molecule has 1 aliphatic heterocycles. The average molecular weight is 470 g/mol. The second-order valence-electron chi connectivity index (χ2n) is 6.76. The summed E-state index contributed by atoms with van der Waals surface area (Å²) in [7, 11) is -3.72. The van der Waals surface area contributed by atoms with Crippen LogP contribution in [0.2, 0.25) is 5.02 Å². The van der Waals surface area contributed by atoms with Gasteiger partial charge in [0.15, 0.2) is 0 Å². The molecule has 2 aromatic carbocycles. The van der Waals surface area contributed by atoms with Gasteiger partial charge in [0.25, 0.3) is 5.69 Å². The quantitative estimate of drug-likeness (QED) is 0.370. The van der Waals surface area contributed by atoms with Crippen molar-refractivity contribution >= 4 is 50.7 Å². The first kappa shape index (κ1) is 22.5. The second-order valence-corrected chi connectivity index (χ2v) is 10.5. The number of non-ortho nitro benzene ring substituents is 1. The third-order valence-electron chi connectivity index (χ3n) is 4.61. The predicted molar refractivity (Wildman–Crippen MR) is 116 cm³/mol. The van der Waals surface area contributed by atoms with Crippen molar-refractivity contribution in [2.75, 3.05) is 18.4 Å². The molecule has 1 aliphatic rings. The lowest BCUT2D eigenvalue weighted by molar-refractivity contribution is -0.384. The Bertz CT molecular complexity index is 1050. The lowest BCUT2D eigenvalue weighted by Crippen LogP contribution is -2.28. The highest BCUT2D eigenvalue weighted by atomic mass is 35.5. The highest BCUT2D eigenvalue weighted by molar-refractivity contribution is 8.00. The van der Waals surface area contributed by atoms with E-state index in [0.29, 0.717) is 23.7 Å². The summed E-state index contributed by atoms with van der Waals surface area (Å²) in [5.41, 5.74) is 0.308. The molecule has 11 heteroatoms. The van der Waals surface area contributed by atoms with Crippen molar-refractivity contribution in [2.45, 2.75) is 34.8 Å². The molecule has 8 nitrogen and oxygen atoms in total. The molecule has 1 heterocycles. The van der Waals surface area contributed by atoms with E-state index >= 15 is 0 Å². The molecule has 1 amide bonds. The molecule has 0 radical (unpaired) electrons. The number of amides is 1. The molecule has 0 saturated carbocycles. The van der Waals surface area contributed by atoms with Crippen LogP contribution in [0.4, 0.5) is 11.4 Å². The first-order valence-electron chi connectivity index (χ1n) is 9.20. The lowest BCUT2D eigenvalue weighted by atomic mass is 10.3. The summed E-state index contributed by atoms with van der Waals surface area (Å²) < 4.78 is 27.0. The molecule has 3 rings (SSSR count). The fourth-order valence-electron chi connectivity index (χ4n) is 2.99. The molecule has 30 heavy (non-hydrogen) atoms. The number of carbonyl (C=O) groups excluding carboxylic acids is 1. The summed E-state index contributed by atoms with van der Waals surface area (Å²) in [6.07, 6.45) is 1.62. The van der Waals surface area contributed by atoms with Gasteiger partial charge in [-0.2, -0.15) is 4.31 Å². The molecule has 0 spiro atoms. The van der Waals surface area contributed by atoms with Crippen LogP contribution in [-0.4, -0.2) is 41.9 Å². The van der Waals surface area contributed by atoms with Crippen LogP contribution in [0.15, 0.2) is 52.3 Å². The number of halogens is 1. The predicted octanol–water partition coefficient (Wildman–Crippen LogP) is 4.15. The molecular formula is C19H20ClN3O5S2. The monoisotopic (exact) mass is 469 g/mol. The Morgan fingerprint density at radius 2 is 1.83 bits per heavy atom. The van der Waals surface area contributed by atoms with Gasteiger partial charge in [-0.1, -0.05) is 11.6 Å². The zero-order chi connectivity index (χ0) is 21.9. The van der Waals surface area contributed by atoms with Crippen LogP contribution in [0.25, 0.3) is 0 Å². The first-order valence-corrected chi connectivity index (χ1v) is 11.9. The van der Waals surface area contributed by atoms with Gasteiger partial charge in [-0.15, -0.1) is 11.8 Å². The van der Waals surface area contributed by atoms with Gasteiger partial charge in [0.05, 0.1) is 15.2 Å². The van der Waals surface area contributed by atoms with Gasteiger partial charge < -0.3 is 5.32 Å². The number of nitro benzene ring substituents is 1. The number of nitro groups is 1. The standard InChI is InChI=1S/C19H20ClN3O5S2/c1-13(29-16-7-5-15(6-8-16)23(25)26)19(24)21-14-4-9-17(20)18(12-14)30(27,28)22-10-2-3-11-22/h4-9,12-13H,2-3,10-11H2,1H3,(H,21,24). The molecule has 0 aliphatic carbocycles. The van der Waals surface area contributed by atoms with Crippen LogP contribution in [0.1, 0.15) is 19.8 Å². The summed E-state index contributed by atoms with van der Waals surface area (Å²) in [4.78, 5) is 23.5. The zero-order valence-electron chi connectivity index (χ0n) is 16.1. The van der Waals surface area contributed by atoms with Gasteiger partial charge in [-0.05, 0) is 50.1 Å². The highest BCUT2D eigenvalue weighted by Gasteiger charge is 2.29. The molecule has 1 atom stereocenters. The van der Waals surface area contributed by atoms with E-state index in [1.54, 1.807) is 25.1 Å². The molecule has 1 N–H and O–H groups in total. The molecule has 2 aromatic rings. The van der Waals surface area contributed by atoms with Crippen LogP contribution >= 0.6 is 23.4 Å². The molecule has 1 saturated heterocycles. The minimum absolute atomic E-state index is 0.0237. The Morgan fingerprint density at radius 1 is 1.20 bits per heavy atom. The minimum atomic E-state index is -3.72. The van der Waals surface area contributed by atoms with E-state index in [-0.39, 0.29) is 21.5 Å². The van der Waals surface area contributed by atoms with Gasteiger partial charge in [-0.3, -0.25) is 14.9 Å². The van der Waals surface area contributed by atoms with Crippen LogP contribution in [0.3, 0.4) is 0 Å². The highest BCUT2D eigenvalue weighted by Crippen LogP contribution is 2.31. The van der Waals surface area contributed by atoms with Gasteiger partial charge in [0.1, 0.15) is 4.90 Å². The number of nitrogens with zero attached hydrogens (tertiary/aromatic N) is 2. The zero-order valence-corrected chi connectivity index (χ0v) is 18.5. The third kappa shape index (κ3) is 5.12. The fraction of sp³-hybridized carbons (Fsp3) is 0.316. The number of hydrogen-bond donors (Lipinski definition) is 1. The first-order chi connectivity index (χ1) is 14.2. The molecule has 160 valence electrons. The maximum Gasteiger partial charge on any atom is 0.269 e. The molecular weight excluding hydrogens is 450 g/mol. The second kappa shape index (κ2) is 9.34.